The lowest BCUT2D eigenvalue weighted by atomic mass is 10.0. The molecule has 4 atom stereocenters. The van der Waals surface area contributed by atoms with Gasteiger partial charge in [-0.3, -0.25) is 14.4 Å². The van der Waals surface area contributed by atoms with E-state index in [2.05, 4.69) is 15.0 Å². The molecule has 14 nitrogen and oxygen atoms in total. The Balaban J connectivity index is 1.67. The Kier molecular flexibility index (Phi) is 13.2. The number of unbranched alkanes of at least 4 members (excludes halogenated alkanes) is 1. The Labute approximate surface area is 302 Å². The van der Waals surface area contributed by atoms with E-state index in [1.54, 1.807) is 48.5 Å². The Morgan fingerprint density at radius 1 is 1.10 bits per heavy atom. The molecule has 0 radical (unpaired) electrons. The van der Waals surface area contributed by atoms with Gasteiger partial charge in [-0.25, -0.2) is 26.5 Å². The van der Waals surface area contributed by atoms with Crippen molar-refractivity contribution >= 4 is 60.2 Å². The van der Waals surface area contributed by atoms with Gasteiger partial charge in [0.2, 0.25) is 27.6 Å². The molecule has 0 spiro atoms. The molecule has 17 heteroatoms. The Morgan fingerprint density at radius 3 is 2.41 bits per heavy atom. The summed E-state index contributed by atoms with van der Waals surface area (Å²) >= 11 is 5.97. The summed E-state index contributed by atoms with van der Waals surface area (Å²) in [6, 6.07) is 9.01. The predicted octanol–water partition coefficient (Wildman–Crippen LogP) is 2.50. The molecular weight excluding hydrogens is 722 g/mol. The van der Waals surface area contributed by atoms with Crippen molar-refractivity contribution < 1.29 is 40.7 Å². The number of carbonyl (C=O) groups excluding carboxylic acids is 3. The number of ketones is 1. The van der Waals surface area contributed by atoms with Crippen LogP contribution < -0.4 is 15.8 Å². The summed E-state index contributed by atoms with van der Waals surface area (Å²) in [5, 5.41) is 12.0. The molecule has 1 aliphatic heterocycles. The first-order valence-corrected chi connectivity index (χ1v) is 20.4. The molecule has 0 unspecified atom stereocenters. The number of aliphatic hydroxyl groups is 1. The van der Waals surface area contributed by atoms with Crippen LogP contribution in [0.5, 0.6) is 0 Å². The second-order valence-electron chi connectivity index (χ2n) is 13.2. The van der Waals surface area contributed by atoms with E-state index < -0.39 is 78.7 Å². The van der Waals surface area contributed by atoms with Crippen LogP contribution in [-0.4, -0.2) is 97.7 Å². The van der Waals surface area contributed by atoms with E-state index in [4.69, 9.17) is 21.8 Å². The van der Waals surface area contributed by atoms with Gasteiger partial charge >= 0.3 is 0 Å². The van der Waals surface area contributed by atoms with E-state index in [0.29, 0.717) is 41.1 Å². The van der Waals surface area contributed by atoms with E-state index in [1.165, 1.54) is 26.0 Å². The maximum absolute atomic E-state index is 14.1. The Morgan fingerprint density at radius 2 is 1.78 bits per heavy atom. The zero-order valence-corrected chi connectivity index (χ0v) is 31.0. The molecule has 4 rings (SSSR count). The number of oxazole rings is 1. The number of nitrogens with zero attached hydrogens (tertiary/aromatic N) is 2. The van der Waals surface area contributed by atoms with Gasteiger partial charge in [0, 0.05) is 11.6 Å². The molecule has 51 heavy (non-hydrogen) atoms. The number of nitrogens with two attached hydrogens (primary N) is 1. The van der Waals surface area contributed by atoms with Gasteiger partial charge in [-0.2, -0.15) is 0 Å². The van der Waals surface area contributed by atoms with E-state index in [9.17, 15) is 36.3 Å². The molecule has 1 aliphatic rings. The van der Waals surface area contributed by atoms with E-state index >= 15 is 0 Å². The smallest absolute Gasteiger partial charge is 0.266 e. The summed E-state index contributed by atoms with van der Waals surface area (Å²) in [6.07, 6.45) is 4.30. The highest BCUT2D eigenvalue weighted by atomic mass is 35.5. The third kappa shape index (κ3) is 11.4. The number of hydrogen-bond acceptors (Lipinski definition) is 11. The number of likely N-dealkylation sites (tertiary alicyclic amines) is 1. The van der Waals surface area contributed by atoms with Crippen LogP contribution >= 0.6 is 11.6 Å². The zero-order valence-electron chi connectivity index (χ0n) is 28.6. The molecule has 278 valence electrons. The quantitative estimate of drug-likeness (QED) is 0.0889. The van der Waals surface area contributed by atoms with Crippen LogP contribution in [0.4, 0.5) is 0 Å². The van der Waals surface area contributed by atoms with Crippen LogP contribution in [0.25, 0.3) is 11.1 Å². The number of benzene rings is 2. The van der Waals surface area contributed by atoms with E-state index in [1.807, 2.05) is 0 Å². The standard InChI is InChI=1S/C34H44ClN5O9S2/c1-34(2,44)17-8-11-27(39-50(3,45)46)33(43)40-20-24(51(47,48)21-22-13-15-23(35)16-14-22)19-28(40)31(42)37-26(10-6-7-18-36)30(41)32-38-25-9-4-5-12-29(25)49-32/h4-5,8-9,12-17,24,26-28,39,44H,6-7,10-11,18-21,36H2,1-3H3,(H,37,42)/b17-8+/t24-,26+,27-,28+/m1/s1. The number of fused-ring (bicyclic) bond motifs is 1. The summed E-state index contributed by atoms with van der Waals surface area (Å²) in [4.78, 5) is 47.2. The fraction of sp³-hybridized carbons (Fsp3) is 0.471. The van der Waals surface area contributed by atoms with E-state index in [-0.39, 0.29) is 25.2 Å². The average Bonchev–Trinajstić information content (AvgIpc) is 3.69. The minimum Gasteiger partial charge on any atom is -0.434 e. The lowest BCUT2D eigenvalue weighted by Gasteiger charge is -2.29. The molecule has 2 aromatic carbocycles. The maximum Gasteiger partial charge on any atom is 0.266 e. The number of Topliss-reactive ketones (excluding diaryl/α,β-unsaturated/α-hetero) is 1. The molecule has 5 N–H and O–H groups in total. The zero-order chi connectivity index (χ0) is 37.6. The highest BCUT2D eigenvalue weighted by Crippen LogP contribution is 2.28. The van der Waals surface area contributed by atoms with Gasteiger partial charge in [0.1, 0.15) is 17.6 Å². The first kappa shape index (κ1) is 40.1. The summed E-state index contributed by atoms with van der Waals surface area (Å²) in [6.45, 7) is 2.91. The number of carbonyl (C=O) groups is 3. The van der Waals surface area contributed by atoms with Gasteiger partial charge in [-0.1, -0.05) is 48.0 Å². The number of para-hydroxylation sites is 2. The third-order valence-electron chi connectivity index (χ3n) is 8.27. The van der Waals surface area contributed by atoms with Crippen LogP contribution in [0.3, 0.4) is 0 Å². The number of sulfonamides is 1. The van der Waals surface area contributed by atoms with Gasteiger partial charge < -0.3 is 25.5 Å². The number of hydrogen-bond donors (Lipinski definition) is 4. The second-order valence-corrected chi connectivity index (χ2v) is 17.7. The molecule has 2 heterocycles. The van der Waals surface area contributed by atoms with Crippen molar-refractivity contribution in [1.29, 1.82) is 0 Å². The molecule has 0 aliphatic carbocycles. The molecule has 3 aromatic rings. The minimum absolute atomic E-state index is 0.152. The summed E-state index contributed by atoms with van der Waals surface area (Å²) < 4.78 is 60.1. The fourth-order valence-corrected chi connectivity index (χ4v) is 8.38. The fourth-order valence-electron chi connectivity index (χ4n) is 5.79. The van der Waals surface area contributed by atoms with Gasteiger partial charge in [0.05, 0.1) is 28.9 Å². The van der Waals surface area contributed by atoms with E-state index in [0.717, 1.165) is 11.2 Å². The minimum atomic E-state index is -3.98. The van der Waals surface area contributed by atoms with Crippen LogP contribution in [0.2, 0.25) is 5.02 Å². The van der Waals surface area contributed by atoms with Gasteiger partial charge in [0.15, 0.2) is 15.4 Å². The largest absolute Gasteiger partial charge is 0.434 e. The monoisotopic (exact) mass is 765 g/mol. The van der Waals surface area contributed by atoms with Gasteiger partial charge in [-0.05, 0) is 82.3 Å². The normalized spacial score (nSPS) is 18.3. The highest BCUT2D eigenvalue weighted by molar-refractivity contribution is 7.91. The average molecular weight is 766 g/mol. The Hall–Kier alpha value is -3.67. The van der Waals surface area contributed by atoms with Gasteiger partial charge in [-0.15, -0.1) is 0 Å². The van der Waals surface area contributed by atoms with Crippen LogP contribution in [-0.2, 0) is 35.2 Å². The van der Waals surface area contributed by atoms with Crippen LogP contribution in [0, 0.1) is 0 Å². The van der Waals surface area contributed by atoms with Crippen LogP contribution in [0.1, 0.15) is 62.2 Å². The maximum atomic E-state index is 14.1. The molecule has 2 amide bonds. The molecule has 0 saturated carbocycles. The van der Waals surface area contributed by atoms with Crippen molar-refractivity contribution in [2.24, 2.45) is 5.73 Å². The van der Waals surface area contributed by atoms with Gasteiger partial charge in [0.25, 0.3) is 5.89 Å². The van der Waals surface area contributed by atoms with Crippen molar-refractivity contribution in [3.05, 3.63) is 77.2 Å². The summed E-state index contributed by atoms with van der Waals surface area (Å²) in [7, 11) is -7.95. The number of rotatable bonds is 17. The number of amides is 2. The number of halogens is 1. The SMILES string of the molecule is CC(C)(O)/C=C/C[C@@H](NS(C)(=O)=O)C(=O)N1C[C@H](S(=O)(=O)Cc2ccc(Cl)cc2)C[C@H]1C(=O)N[C@@H](CCCCN)C(=O)c1nc2ccccc2o1. The molecule has 1 fully saturated rings. The van der Waals surface area contributed by atoms with Crippen molar-refractivity contribution in [3.63, 3.8) is 0 Å². The highest BCUT2D eigenvalue weighted by Gasteiger charge is 2.47. The topological polar surface area (TPSA) is 219 Å². The lowest BCUT2D eigenvalue weighted by molar-refractivity contribution is -0.139. The molecule has 0 bridgehead atoms. The molecule has 1 aromatic heterocycles. The molecular formula is C34H44ClN5O9S2. The first-order valence-electron chi connectivity index (χ1n) is 16.4. The number of sulfone groups is 1. The van der Waals surface area contributed by atoms with Crippen molar-refractivity contribution in [2.75, 3.05) is 19.3 Å². The molecule has 1 saturated heterocycles. The van der Waals surface area contributed by atoms with Crippen LogP contribution in [0.15, 0.2) is 65.1 Å². The van der Waals surface area contributed by atoms with Crippen molar-refractivity contribution in [2.45, 2.75) is 80.7 Å². The summed E-state index contributed by atoms with van der Waals surface area (Å²) in [5.41, 5.74) is 5.67. The number of aromatic nitrogens is 1. The number of nitrogens with one attached hydrogen (secondary N) is 2. The second kappa shape index (κ2) is 16.8. The van der Waals surface area contributed by atoms with Crippen molar-refractivity contribution in [3.8, 4) is 0 Å². The predicted molar refractivity (Wildman–Crippen MR) is 193 cm³/mol. The first-order chi connectivity index (χ1) is 23.9. The summed E-state index contributed by atoms with van der Waals surface area (Å²) in [5.74, 6) is -2.90. The lowest BCUT2D eigenvalue weighted by Crippen LogP contribution is -2.55. The Bertz CT molecular complexity index is 1930. The third-order valence-corrected chi connectivity index (χ3v) is 11.3. The van der Waals surface area contributed by atoms with Crippen molar-refractivity contribution in [1.82, 2.24) is 19.9 Å².